The molecule has 94 valence electrons. The van der Waals surface area contributed by atoms with Crippen LogP contribution in [0.3, 0.4) is 0 Å². The summed E-state index contributed by atoms with van der Waals surface area (Å²) >= 11 is 3.34. The van der Waals surface area contributed by atoms with E-state index in [4.69, 9.17) is 9.84 Å². The highest BCUT2D eigenvalue weighted by Gasteiger charge is 2.25. The molecule has 1 aliphatic rings. The first-order valence-corrected chi connectivity index (χ1v) is 6.24. The van der Waals surface area contributed by atoms with Gasteiger partial charge >= 0.3 is 0 Å². The first-order valence-electron chi connectivity index (χ1n) is 5.45. The molecule has 1 aliphatic heterocycles. The minimum Gasteiger partial charge on any atom is -0.394 e. The lowest BCUT2D eigenvalue weighted by atomic mass is 10.2. The largest absolute Gasteiger partial charge is 0.394 e. The van der Waals surface area contributed by atoms with E-state index >= 15 is 0 Å². The second kappa shape index (κ2) is 5.20. The molecule has 6 heteroatoms. The fourth-order valence-corrected chi connectivity index (χ4v) is 2.44. The fraction of sp³-hybridized carbons (Fsp3) is 0.545. The summed E-state index contributed by atoms with van der Waals surface area (Å²) in [7, 11) is 1.84. The summed E-state index contributed by atoms with van der Waals surface area (Å²) in [4.78, 5) is 14.0. The molecule has 0 aromatic carbocycles. The number of morpholine rings is 1. The lowest BCUT2D eigenvalue weighted by Gasteiger charge is -2.32. The summed E-state index contributed by atoms with van der Waals surface area (Å²) in [5.74, 6) is -0.0278. The highest BCUT2D eigenvalue weighted by molar-refractivity contribution is 9.10. The highest BCUT2D eigenvalue weighted by atomic mass is 79.9. The van der Waals surface area contributed by atoms with E-state index < -0.39 is 0 Å². The number of aliphatic hydroxyl groups excluding tert-OH is 1. The Kier molecular flexibility index (Phi) is 3.86. The van der Waals surface area contributed by atoms with Gasteiger partial charge in [0.25, 0.3) is 5.91 Å². The van der Waals surface area contributed by atoms with Gasteiger partial charge in [-0.05, 0) is 22.0 Å². The van der Waals surface area contributed by atoms with Crippen molar-refractivity contribution in [1.29, 1.82) is 0 Å². The smallest absolute Gasteiger partial charge is 0.270 e. The molecule has 0 radical (unpaired) electrons. The van der Waals surface area contributed by atoms with Crippen LogP contribution in [-0.4, -0.2) is 52.9 Å². The number of aryl methyl sites for hydroxylation is 1. The van der Waals surface area contributed by atoms with Gasteiger partial charge in [-0.3, -0.25) is 4.79 Å². The van der Waals surface area contributed by atoms with Gasteiger partial charge in [0.05, 0.1) is 19.3 Å². The first-order chi connectivity index (χ1) is 8.11. The summed E-state index contributed by atoms with van der Waals surface area (Å²) in [5.41, 5.74) is 0.635. The van der Waals surface area contributed by atoms with E-state index in [1.807, 2.05) is 13.2 Å². The molecular weight excluding hydrogens is 288 g/mol. The van der Waals surface area contributed by atoms with Gasteiger partial charge in [-0.25, -0.2) is 0 Å². The number of carbonyl (C=O) groups excluding carboxylic acids is 1. The number of carbonyl (C=O) groups is 1. The lowest BCUT2D eigenvalue weighted by Crippen LogP contribution is -2.47. The Balaban J connectivity index is 2.12. The van der Waals surface area contributed by atoms with Gasteiger partial charge in [0.2, 0.25) is 0 Å². The average Bonchev–Trinajstić information content (AvgIpc) is 2.67. The Bertz CT molecular complexity index is 419. The molecule has 1 N–H and O–H groups in total. The molecule has 1 fully saturated rings. The van der Waals surface area contributed by atoms with Crippen molar-refractivity contribution in [1.82, 2.24) is 9.47 Å². The summed E-state index contributed by atoms with van der Waals surface area (Å²) in [6.07, 6.45) is 1.58. The van der Waals surface area contributed by atoms with Crippen LogP contribution in [0, 0.1) is 0 Å². The van der Waals surface area contributed by atoms with E-state index in [1.54, 1.807) is 15.5 Å². The Morgan fingerprint density at radius 3 is 3.06 bits per heavy atom. The SMILES string of the molecule is Cn1cc(Br)cc1C(=O)N1CCOC(CO)C1. The van der Waals surface area contributed by atoms with E-state index in [2.05, 4.69) is 15.9 Å². The van der Waals surface area contributed by atoms with E-state index in [1.165, 1.54) is 0 Å². The molecule has 0 bridgehead atoms. The standard InChI is InChI=1S/C11H15BrN2O3/c1-13-5-8(12)4-10(13)11(16)14-2-3-17-9(6-14)7-15/h4-5,9,15H,2-3,6-7H2,1H3. The zero-order valence-electron chi connectivity index (χ0n) is 9.60. The van der Waals surface area contributed by atoms with Crippen molar-refractivity contribution in [2.45, 2.75) is 6.10 Å². The average molecular weight is 303 g/mol. The zero-order chi connectivity index (χ0) is 12.4. The van der Waals surface area contributed by atoms with Crippen molar-refractivity contribution in [2.24, 2.45) is 7.05 Å². The van der Waals surface area contributed by atoms with Crippen molar-refractivity contribution in [3.05, 3.63) is 22.4 Å². The monoisotopic (exact) mass is 302 g/mol. The van der Waals surface area contributed by atoms with Crippen LogP contribution in [0.1, 0.15) is 10.5 Å². The van der Waals surface area contributed by atoms with Gasteiger partial charge in [0, 0.05) is 30.8 Å². The third-order valence-corrected chi connectivity index (χ3v) is 3.25. The molecule has 2 heterocycles. The molecule has 1 amide bonds. The van der Waals surface area contributed by atoms with Crippen molar-refractivity contribution < 1.29 is 14.6 Å². The summed E-state index contributed by atoms with van der Waals surface area (Å²) in [6, 6.07) is 1.80. The van der Waals surface area contributed by atoms with Gasteiger partial charge in [-0.15, -0.1) is 0 Å². The molecule has 1 aromatic heterocycles. The Hall–Kier alpha value is -0.850. The number of nitrogens with zero attached hydrogens (tertiary/aromatic N) is 2. The van der Waals surface area contributed by atoms with Gasteiger partial charge in [-0.1, -0.05) is 0 Å². The van der Waals surface area contributed by atoms with Crippen LogP contribution in [0.25, 0.3) is 0 Å². The van der Waals surface area contributed by atoms with Crippen LogP contribution in [-0.2, 0) is 11.8 Å². The molecule has 0 aliphatic carbocycles. The lowest BCUT2D eigenvalue weighted by molar-refractivity contribution is -0.0449. The van der Waals surface area contributed by atoms with E-state index in [-0.39, 0.29) is 18.6 Å². The van der Waals surface area contributed by atoms with Crippen LogP contribution >= 0.6 is 15.9 Å². The third-order valence-electron chi connectivity index (χ3n) is 2.82. The normalized spacial score (nSPS) is 20.6. The van der Waals surface area contributed by atoms with Crippen molar-refractivity contribution in [3.63, 3.8) is 0 Å². The molecular formula is C11H15BrN2O3. The fourth-order valence-electron chi connectivity index (χ4n) is 1.91. The van der Waals surface area contributed by atoms with Crippen LogP contribution in [0.15, 0.2) is 16.7 Å². The number of aromatic nitrogens is 1. The number of amides is 1. The number of ether oxygens (including phenoxy) is 1. The maximum absolute atomic E-state index is 12.2. The summed E-state index contributed by atoms with van der Waals surface area (Å²) < 4.78 is 7.99. The summed E-state index contributed by atoms with van der Waals surface area (Å²) in [6.45, 7) is 1.43. The number of hydrogen-bond acceptors (Lipinski definition) is 3. The molecule has 17 heavy (non-hydrogen) atoms. The van der Waals surface area contributed by atoms with Crippen molar-refractivity contribution in [2.75, 3.05) is 26.3 Å². The van der Waals surface area contributed by atoms with Crippen LogP contribution in [0.4, 0.5) is 0 Å². The zero-order valence-corrected chi connectivity index (χ0v) is 11.2. The van der Waals surface area contributed by atoms with Crippen LogP contribution < -0.4 is 0 Å². The predicted molar refractivity (Wildman–Crippen MR) is 65.8 cm³/mol. The van der Waals surface area contributed by atoms with Gasteiger partial charge in [0.1, 0.15) is 5.69 Å². The molecule has 1 unspecified atom stereocenters. The molecule has 1 saturated heterocycles. The Morgan fingerprint density at radius 2 is 2.47 bits per heavy atom. The topological polar surface area (TPSA) is 54.7 Å². The second-order valence-electron chi connectivity index (χ2n) is 4.08. The molecule has 1 atom stereocenters. The van der Waals surface area contributed by atoms with E-state index in [9.17, 15) is 4.79 Å². The van der Waals surface area contributed by atoms with Gasteiger partial charge in [-0.2, -0.15) is 0 Å². The maximum atomic E-state index is 12.2. The van der Waals surface area contributed by atoms with Crippen molar-refractivity contribution >= 4 is 21.8 Å². The van der Waals surface area contributed by atoms with Gasteiger partial charge < -0.3 is 19.3 Å². The summed E-state index contributed by atoms with van der Waals surface area (Å²) in [5, 5.41) is 9.04. The Morgan fingerprint density at radius 1 is 1.71 bits per heavy atom. The molecule has 2 rings (SSSR count). The van der Waals surface area contributed by atoms with Gasteiger partial charge in [0.15, 0.2) is 0 Å². The number of rotatable bonds is 2. The number of halogens is 1. The highest BCUT2D eigenvalue weighted by Crippen LogP contribution is 2.16. The minimum atomic E-state index is -0.267. The van der Waals surface area contributed by atoms with Crippen molar-refractivity contribution in [3.8, 4) is 0 Å². The quantitative estimate of drug-likeness (QED) is 0.871. The molecule has 0 spiro atoms. The minimum absolute atomic E-state index is 0.0278. The second-order valence-corrected chi connectivity index (χ2v) is 5.00. The number of aliphatic hydroxyl groups is 1. The first kappa shape index (κ1) is 12.6. The molecule has 5 nitrogen and oxygen atoms in total. The predicted octanol–water partition coefficient (Wildman–Crippen LogP) is 0.621. The molecule has 1 aromatic rings. The number of hydrogen-bond donors (Lipinski definition) is 1. The van der Waals surface area contributed by atoms with E-state index in [0.717, 1.165) is 4.47 Å². The Labute approximate surface area is 108 Å². The van der Waals surface area contributed by atoms with Crippen LogP contribution in [0.5, 0.6) is 0 Å². The maximum Gasteiger partial charge on any atom is 0.270 e. The van der Waals surface area contributed by atoms with Crippen LogP contribution in [0.2, 0.25) is 0 Å². The molecule has 0 saturated carbocycles. The van der Waals surface area contributed by atoms with E-state index in [0.29, 0.717) is 25.4 Å². The third kappa shape index (κ3) is 2.70.